The molecule has 1 aromatic carbocycles. The van der Waals surface area contributed by atoms with Gasteiger partial charge in [-0.1, -0.05) is 115 Å². The van der Waals surface area contributed by atoms with E-state index in [9.17, 15) is 24.0 Å². The maximum atomic E-state index is 14.2. The molecule has 4 aliphatic heterocycles. The molecule has 4 heterocycles. The zero-order chi connectivity index (χ0) is 48.0. The normalized spacial score (nSPS) is 26.4. The number of thioether (sulfide) groups is 2. The minimum absolute atomic E-state index is 0.00939. The molecule has 0 saturated carbocycles. The second-order valence-electron chi connectivity index (χ2n) is 20.2. The highest BCUT2D eigenvalue weighted by Crippen LogP contribution is 2.48. The molecule has 0 spiro atoms. The molecule has 66 heavy (non-hydrogen) atoms. The number of ketones is 1. The van der Waals surface area contributed by atoms with Gasteiger partial charge in [-0.3, -0.25) is 24.0 Å². The summed E-state index contributed by atoms with van der Waals surface area (Å²) < 4.78 is 12.4. The predicted octanol–water partition coefficient (Wildman–Crippen LogP) is 7.05. The Morgan fingerprint density at radius 1 is 0.833 bits per heavy atom. The van der Waals surface area contributed by atoms with Crippen LogP contribution in [0.15, 0.2) is 54.6 Å². The molecule has 4 aliphatic rings. The number of hydrogen-bond acceptors (Lipinski definition) is 11. The summed E-state index contributed by atoms with van der Waals surface area (Å²) in [5, 5.41) is 5.92. The molecule has 0 aromatic heterocycles. The van der Waals surface area contributed by atoms with Crippen LogP contribution in [0.4, 0.5) is 0 Å². The molecule has 6 N–H and O–H groups in total. The smallest absolute Gasteiger partial charge is 0.246 e. The first kappa shape index (κ1) is 53.7. The number of carbonyl (C=O) groups is 5. The summed E-state index contributed by atoms with van der Waals surface area (Å²) in [4.78, 5) is 71.6. The molecule has 5 rings (SSSR count). The van der Waals surface area contributed by atoms with Crippen LogP contribution in [0.2, 0.25) is 0 Å². The fourth-order valence-electron chi connectivity index (χ4n) is 10.2. The first-order chi connectivity index (χ1) is 31.5. The van der Waals surface area contributed by atoms with Crippen LogP contribution in [0.5, 0.6) is 0 Å². The number of nitrogens with one attached hydrogen (secondary N) is 2. The number of fused-ring (bicyclic) bond motifs is 2. The van der Waals surface area contributed by atoms with E-state index in [1.165, 1.54) is 0 Å². The van der Waals surface area contributed by atoms with E-state index in [4.69, 9.17) is 20.9 Å². The lowest BCUT2D eigenvalue weighted by Crippen LogP contribution is -2.58. The number of Topliss-reactive ketones (excluding diaryl/α,β-unsaturated/α-hetero) is 1. The first-order valence-corrected chi connectivity index (χ1v) is 26.6. The molecule has 0 unspecified atom stereocenters. The van der Waals surface area contributed by atoms with Crippen molar-refractivity contribution in [3.05, 3.63) is 60.2 Å². The first-order valence-electron chi connectivity index (χ1n) is 24.5. The van der Waals surface area contributed by atoms with Gasteiger partial charge in [-0.25, -0.2) is 0 Å². The minimum Gasteiger partial charge on any atom is -0.381 e. The summed E-state index contributed by atoms with van der Waals surface area (Å²) in [5.41, 5.74) is 13.2. The van der Waals surface area contributed by atoms with E-state index in [1.54, 1.807) is 35.3 Å². The maximum absolute atomic E-state index is 14.2. The minimum atomic E-state index is -0.736. The average molecular weight is 953 g/mol. The van der Waals surface area contributed by atoms with Crippen LogP contribution in [-0.2, 0) is 33.4 Å². The Kier molecular flexibility index (Phi) is 20.7. The van der Waals surface area contributed by atoms with E-state index in [-0.39, 0.29) is 57.5 Å². The van der Waals surface area contributed by atoms with Crippen molar-refractivity contribution in [3.63, 3.8) is 0 Å². The van der Waals surface area contributed by atoms with Gasteiger partial charge in [0.1, 0.15) is 12.1 Å². The Labute approximate surface area is 403 Å². The van der Waals surface area contributed by atoms with Crippen LogP contribution in [0.25, 0.3) is 0 Å². The largest absolute Gasteiger partial charge is 0.381 e. The van der Waals surface area contributed by atoms with Gasteiger partial charge in [-0.05, 0) is 85.8 Å². The topological polar surface area (TPSA) is 186 Å². The zero-order valence-electron chi connectivity index (χ0n) is 40.6. The van der Waals surface area contributed by atoms with Gasteiger partial charge in [-0.15, -0.1) is 23.5 Å². The Bertz CT molecular complexity index is 1830. The lowest BCUT2D eigenvalue weighted by molar-refractivity contribution is -0.144. The molecular weight excluding hydrogens is 873 g/mol. The molecule has 15 heteroatoms. The molecule has 4 saturated heterocycles. The number of nitrogens with two attached hydrogens (primary N) is 2. The zero-order valence-corrected chi connectivity index (χ0v) is 42.2. The van der Waals surface area contributed by atoms with Crippen molar-refractivity contribution in [1.82, 2.24) is 20.4 Å². The third-order valence-corrected chi connectivity index (χ3v) is 16.4. The molecule has 4 fully saturated rings. The molecule has 0 bridgehead atoms. The second kappa shape index (κ2) is 25.4. The third kappa shape index (κ3) is 14.2. The van der Waals surface area contributed by atoms with Crippen LogP contribution in [-0.4, -0.2) is 118 Å². The van der Waals surface area contributed by atoms with Crippen LogP contribution >= 0.6 is 23.5 Å². The molecule has 368 valence electrons. The number of rotatable bonds is 25. The summed E-state index contributed by atoms with van der Waals surface area (Å²) in [6, 6.07) is 6.23. The highest BCUT2D eigenvalue weighted by molar-refractivity contribution is 8.00. The van der Waals surface area contributed by atoms with Crippen molar-refractivity contribution in [2.24, 2.45) is 28.2 Å². The fraction of sp³-hybridized carbons (Fsp3) is 0.706. The number of carbonyl (C=O) groups excluding carboxylic acids is 5. The van der Waals surface area contributed by atoms with E-state index < -0.39 is 35.6 Å². The van der Waals surface area contributed by atoms with Gasteiger partial charge in [0, 0.05) is 25.6 Å². The van der Waals surface area contributed by atoms with E-state index in [0.717, 1.165) is 74.7 Å². The number of amides is 4. The van der Waals surface area contributed by atoms with Gasteiger partial charge in [0.05, 0.1) is 48.1 Å². The van der Waals surface area contributed by atoms with Crippen molar-refractivity contribution in [2.75, 3.05) is 37.9 Å². The van der Waals surface area contributed by atoms with Gasteiger partial charge in [-0.2, -0.15) is 0 Å². The Balaban J connectivity index is 0.993. The van der Waals surface area contributed by atoms with Crippen molar-refractivity contribution in [1.29, 1.82) is 0 Å². The van der Waals surface area contributed by atoms with Crippen molar-refractivity contribution < 1.29 is 33.4 Å². The number of hydrogen-bond donors (Lipinski definition) is 4. The second-order valence-corrected chi connectivity index (χ2v) is 22.7. The molecule has 13 nitrogen and oxygen atoms in total. The Hall–Kier alpha value is -3.21. The number of allylic oxidation sites excluding steroid dienone is 2. The summed E-state index contributed by atoms with van der Waals surface area (Å²) in [6.45, 7) is 17.8. The Morgan fingerprint density at radius 2 is 1.38 bits per heavy atom. The highest BCUT2D eigenvalue weighted by Gasteiger charge is 2.55. The molecule has 0 aliphatic carbocycles. The van der Waals surface area contributed by atoms with Crippen molar-refractivity contribution in [3.8, 4) is 0 Å². The summed E-state index contributed by atoms with van der Waals surface area (Å²) >= 11 is 3.41. The fourth-order valence-corrected chi connectivity index (χ4v) is 13.4. The predicted molar refractivity (Wildman–Crippen MR) is 266 cm³/mol. The lowest BCUT2D eigenvalue weighted by atomic mass is 9.79. The third-order valence-electron chi connectivity index (χ3n) is 13.9. The summed E-state index contributed by atoms with van der Waals surface area (Å²) in [6.07, 6.45) is 15.3. The number of unbranched alkanes of at least 4 members (excludes halogenated alkanes) is 7. The van der Waals surface area contributed by atoms with Gasteiger partial charge in [0.2, 0.25) is 23.6 Å². The number of nitrogens with zero attached hydrogens (tertiary/aromatic N) is 2. The number of ether oxygens (including phenoxy) is 2. The van der Waals surface area contributed by atoms with E-state index in [0.29, 0.717) is 57.9 Å². The van der Waals surface area contributed by atoms with E-state index in [2.05, 4.69) is 31.1 Å². The quantitative estimate of drug-likeness (QED) is 0.0582. The van der Waals surface area contributed by atoms with E-state index >= 15 is 0 Å². The lowest BCUT2D eigenvalue weighted by Gasteiger charge is -2.35. The van der Waals surface area contributed by atoms with Crippen molar-refractivity contribution in [2.45, 2.75) is 172 Å². The average Bonchev–Trinajstić information content (AvgIpc) is 3.60. The SMILES string of the molecule is C=C/C(=C\C)[C@@H](COCCCCCCCCCCOC[C@@H](NC(=O)[C@H]1N2C(=O)[C@@H](NC(=O)[C@H](C)N)CCS[C@H]2CC1(C)C)c1ccccc1)CC(=O)[C@H]1N2C(=O)[C@@H](N)CCS[C@H]2CC1(C)C. The molecular formula is C51H80N6O7S2. The standard InChI is InChI=1S/C51H80N6O7S2/c1-8-35(9-2)37(29-41(58)44-50(4,5)30-42-56(44)48(61)38(53)23-27-65-42)32-63-25-19-14-12-10-11-13-15-20-26-64-33-40(36-21-17-16-18-22-36)55-47(60)45-51(6,7)31-43-57(45)49(62)39(24-28-66-43)54-46(59)34(3)52/h8-9,16-18,21-22,34,37-40,42-45H,1,10-15,19-20,23-33,52-53H2,2-7H3,(H,54,59)(H,55,60)/b35-9+/t34-,37+,38-,39-,40+,42-,43-,44+,45+/m0/s1. The van der Waals surface area contributed by atoms with E-state index in [1.807, 2.05) is 68.2 Å². The van der Waals surface area contributed by atoms with Gasteiger partial charge in [0.15, 0.2) is 5.78 Å². The van der Waals surface area contributed by atoms with Crippen LogP contribution < -0.4 is 22.1 Å². The van der Waals surface area contributed by atoms with Crippen LogP contribution in [0.3, 0.4) is 0 Å². The molecule has 1 aromatic rings. The monoisotopic (exact) mass is 953 g/mol. The summed E-state index contributed by atoms with van der Waals surface area (Å²) in [5.74, 6) is 0.549. The molecule has 0 radical (unpaired) electrons. The van der Waals surface area contributed by atoms with Gasteiger partial charge in [0.25, 0.3) is 0 Å². The number of benzene rings is 1. The van der Waals surface area contributed by atoms with Crippen LogP contribution in [0.1, 0.15) is 137 Å². The van der Waals surface area contributed by atoms with Crippen LogP contribution in [0, 0.1) is 16.7 Å². The molecule has 4 amide bonds. The summed E-state index contributed by atoms with van der Waals surface area (Å²) in [7, 11) is 0. The van der Waals surface area contributed by atoms with Gasteiger partial charge < -0.3 is 41.4 Å². The van der Waals surface area contributed by atoms with Gasteiger partial charge >= 0.3 is 0 Å². The highest BCUT2D eigenvalue weighted by atomic mass is 32.2. The Morgan fingerprint density at radius 3 is 1.95 bits per heavy atom. The maximum Gasteiger partial charge on any atom is 0.246 e. The van der Waals surface area contributed by atoms with Crippen molar-refractivity contribution >= 4 is 52.9 Å². The molecule has 9 atom stereocenters.